The highest BCUT2D eigenvalue weighted by molar-refractivity contribution is 6.09. The third kappa shape index (κ3) is 4.40. The van der Waals surface area contributed by atoms with Crippen LogP contribution in [0, 0.1) is 18.3 Å². The fourth-order valence-electron chi connectivity index (χ4n) is 3.01. The third-order valence-corrected chi connectivity index (χ3v) is 4.65. The number of para-hydroxylation sites is 1. The van der Waals surface area contributed by atoms with E-state index in [1.807, 2.05) is 31.2 Å². The molecule has 2 aromatic carbocycles. The summed E-state index contributed by atoms with van der Waals surface area (Å²) >= 11 is 0. The Morgan fingerprint density at radius 3 is 2.50 bits per heavy atom. The zero-order chi connectivity index (χ0) is 22.5. The number of aryl methyl sites for hydroxylation is 1. The number of carbonyl (C=O) groups is 1. The molecule has 2 aromatic heterocycles. The number of fused-ring (bicyclic) bond motifs is 1. The molecular formula is C25H18N4O3. The fraction of sp³-hybridized carbons (Fsp3) is 0.0400. The molecular weight excluding hydrogens is 404 g/mol. The van der Waals surface area contributed by atoms with Gasteiger partial charge in [0.15, 0.2) is 0 Å². The van der Waals surface area contributed by atoms with Crippen LogP contribution in [0.5, 0.6) is 11.6 Å². The van der Waals surface area contributed by atoms with Crippen molar-refractivity contribution in [1.82, 2.24) is 9.38 Å². The van der Waals surface area contributed by atoms with E-state index in [1.54, 1.807) is 60.8 Å². The molecule has 4 aromatic rings. The molecule has 156 valence electrons. The number of nitrogens with zero attached hydrogens (tertiary/aromatic N) is 3. The Morgan fingerprint density at radius 1 is 1.06 bits per heavy atom. The number of amides is 1. The fourth-order valence-corrected chi connectivity index (χ4v) is 3.01. The van der Waals surface area contributed by atoms with E-state index >= 15 is 0 Å². The second-order valence-corrected chi connectivity index (χ2v) is 6.97. The lowest BCUT2D eigenvalue weighted by atomic mass is 10.1. The van der Waals surface area contributed by atoms with E-state index in [2.05, 4.69) is 10.3 Å². The van der Waals surface area contributed by atoms with Crippen molar-refractivity contribution in [3.05, 3.63) is 106 Å². The predicted octanol–water partition coefficient (Wildman–Crippen LogP) is 4.34. The van der Waals surface area contributed by atoms with Crippen LogP contribution < -0.4 is 15.6 Å². The summed E-state index contributed by atoms with van der Waals surface area (Å²) in [6, 6.07) is 23.0. The lowest BCUT2D eigenvalue weighted by molar-refractivity contribution is -0.112. The van der Waals surface area contributed by atoms with Gasteiger partial charge in [-0.2, -0.15) is 10.2 Å². The number of aromatic nitrogens is 2. The summed E-state index contributed by atoms with van der Waals surface area (Å²) in [6.07, 6.45) is 2.77. The molecule has 7 nitrogen and oxygen atoms in total. The van der Waals surface area contributed by atoms with Crippen molar-refractivity contribution in [2.75, 3.05) is 5.32 Å². The van der Waals surface area contributed by atoms with Crippen LogP contribution in [0.15, 0.2) is 89.4 Å². The summed E-state index contributed by atoms with van der Waals surface area (Å²) in [6.45, 7) is 1.93. The van der Waals surface area contributed by atoms with Gasteiger partial charge in [0.1, 0.15) is 28.6 Å². The van der Waals surface area contributed by atoms with Crippen LogP contribution in [0.25, 0.3) is 11.7 Å². The molecule has 0 aliphatic carbocycles. The van der Waals surface area contributed by atoms with Crippen molar-refractivity contribution < 1.29 is 9.53 Å². The van der Waals surface area contributed by atoms with Gasteiger partial charge >= 0.3 is 0 Å². The predicted molar refractivity (Wildman–Crippen MR) is 121 cm³/mol. The van der Waals surface area contributed by atoms with E-state index in [1.165, 1.54) is 10.5 Å². The smallest absolute Gasteiger partial charge is 0.269 e. The van der Waals surface area contributed by atoms with E-state index < -0.39 is 11.5 Å². The molecule has 0 unspecified atom stereocenters. The number of benzene rings is 2. The summed E-state index contributed by atoms with van der Waals surface area (Å²) in [5, 5.41) is 12.3. The van der Waals surface area contributed by atoms with Gasteiger partial charge in [-0.25, -0.2) is 0 Å². The first-order valence-electron chi connectivity index (χ1n) is 9.79. The Balaban J connectivity index is 1.79. The number of nitrogens with one attached hydrogen (secondary N) is 1. The van der Waals surface area contributed by atoms with Gasteiger partial charge in [-0.05, 0) is 49.4 Å². The Kier molecular flexibility index (Phi) is 5.77. The van der Waals surface area contributed by atoms with Crippen LogP contribution in [0.2, 0.25) is 0 Å². The van der Waals surface area contributed by atoms with Crippen LogP contribution >= 0.6 is 0 Å². The highest BCUT2D eigenvalue weighted by Gasteiger charge is 2.17. The first-order chi connectivity index (χ1) is 15.5. The first-order valence-corrected chi connectivity index (χ1v) is 9.79. The number of hydrogen-bond acceptors (Lipinski definition) is 5. The number of hydrogen-bond donors (Lipinski definition) is 1. The largest absolute Gasteiger partial charge is 0.438 e. The van der Waals surface area contributed by atoms with E-state index in [-0.39, 0.29) is 17.0 Å². The summed E-state index contributed by atoms with van der Waals surface area (Å²) in [5.41, 5.74) is 1.24. The van der Waals surface area contributed by atoms with Gasteiger partial charge in [0.05, 0.1) is 0 Å². The number of ether oxygens (including phenoxy) is 1. The maximum atomic E-state index is 13.2. The first kappa shape index (κ1) is 20.6. The van der Waals surface area contributed by atoms with E-state index in [9.17, 15) is 14.9 Å². The molecule has 32 heavy (non-hydrogen) atoms. The molecule has 0 aliphatic rings. The summed E-state index contributed by atoms with van der Waals surface area (Å²) < 4.78 is 7.17. The highest BCUT2D eigenvalue weighted by Crippen LogP contribution is 2.24. The topological polar surface area (TPSA) is 96.5 Å². The van der Waals surface area contributed by atoms with E-state index in [0.717, 1.165) is 5.56 Å². The molecule has 1 amide bonds. The Morgan fingerprint density at radius 2 is 1.78 bits per heavy atom. The Hall–Kier alpha value is -4.70. The van der Waals surface area contributed by atoms with Gasteiger partial charge in [-0.15, -0.1) is 0 Å². The minimum Gasteiger partial charge on any atom is -0.438 e. The van der Waals surface area contributed by atoms with Crippen molar-refractivity contribution in [3.63, 3.8) is 0 Å². The van der Waals surface area contributed by atoms with Crippen molar-refractivity contribution in [1.29, 1.82) is 5.26 Å². The standard InChI is InChI=1S/C25H18N4O3/c1-17-10-12-19(13-11-17)27-23(30)18(16-26)15-21-24(32-20-7-3-2-4-8-20)28-22-9-5-6-14-29(22)25(21)31/h2-15H,1H3,(H,27,30). The van der Waals surface area contributed by atoms with Crippen molar-refractivity contribution >= 4 is 23.3 Å². The van der Waals surface area contributed by atoms with Crippen LogP contribution in [0.3, 0.4) is 0 Å². The van der Waals surface area contributed by atoms with Crippen molar-refractivity contribution in [2.45, 2.75) is 6.92 Å². The summed E-state index contributed by atoms with van der Waals surface area (Å²) in [7, 11) is 0. The monoisotopic (exact) mass is 422 g/mol. The maximum absolute atomic E-state index is 13.2. The molecule has 0 saturated carbocycles. The maximum Gasteiger partial charge on any atom is 0.269 e. The lowest BCUT2D eigenvalue weighted by Gasteiger charge is -2.10. The highest BCUT2D eigenvalue weighted by atomic mass is 16.5. The van der Waals surface area contributed by atoms with Gasteiger partial charge in [0.25, 0.3) is 11.5 Å². The van der Waals surface area contributed by atoms with Crippen LogP contribution in [0.4, 0.5) is 5.69 Å². The molecule has 0 atom stereocenters. The number of rotatable bonds is 5. The molecule has 0 radical (unpaired) electrons. The molecule has 0 bridgehead atoms. The second-order valence-electron chi connectivity index (χ2n) is 6.97. The van der Waals surface area contributed by atoms with Gasteiger partial charge in [-0.3, -0.25) is 14.0 Å². The minimum atomic E-state index is -0.639. The number of nitriles is 1. The van der Waals surface area contributed by atoms with E-state index in [0.29, 0.717) is 17.1 Å². The lowest BCUT2D eigenvalue weighted by Crippen LogP contribution is -2.20. The molecule has 0 fully saturated rings. The average molecular weight is 422 g/mol. The van der Waals surface area contributed by atoms with Crippen molar-refractivity contribution in [2.24, 2.45) is 0 Å². The average Bonchev–Trinajstić information content (AvgIpc) is 2.81. The molecule has 0 spiro atoms. The number of carbonyl (C=O) groups excluding carboxylic acids is 1. The summed E-state index contributed by atoms with van der Waals surface area (Å²) in [4.78, 5) is 30.3. The van der Waals surface area contributed by atoms with Crippen molar-refractivity contribution in [3.8, 4) is 17.7 Å². The Bertz CT molecular complexity index is 1420. The van der Waals surface area contributed by atoms with Gasteiger partial charge in [0, 0.05) is 11.9 Å². The number of pyridine rings is 1. The molecule has 0 saturated heterocycles. The second kappa shape index (κ2) is 8.98. The summed E-state index contributed by atoms with van der Waals surface area (Å²) in [5.74, 6) is -0.167. The zero-order valence-electron chi connectivity index (χ0n) is 17.1. The molecule has 7 heteroatoms. The minimum absolute atomic E-state index is 0.00304. The number of anilines is 1. The molecule has 0 aliphatic heterocycles. The van der Waals surface area contributed by atoms with E-state index in [4.69, 9.17) is 4.74 Å². The molecule has 4 rings (SSSR count). The van der Waals surface area contributed by atoms with Crippen LogP contribution in [-0.4, -0.2) is 15.3 Å². The third-order valence-electron chi connectivity index (χ3n) is 4.65. The molecule has 2 heterocycles. The van der Waals surface area contributed by atoms with Gasteiger partial charge in [0.2, 0.25) is 5.88 Å². The van der Waals surface area contributed by atoms with Gasteiger partial charge in [-0.1, -0.05) is 42.0 Å². The Labute approximate surface area is 183 Å². The van der Waals surface area contributed by atoms with Crippen LogP contribution in [-0.2, 0) is 4.79 Å². The van der Waals surface area contributed by atoms with Crippen LogP contribution in [0.1, 0.15) is 11.1 Å². The normalized spacial score (nSPS) is 11.1. The van der Waals surface area contributed by atoms with Gasteiger partial charge < -0.3 is 10.1 Å². The quantitative estimate of drug-likeness (QED) is 0.381. The zero-order valence-corrected chi connectivity index (χ0v) is 17.1. The SMILES string of the molecule is Cc1ccc(NC(=O)C(C#N)=Cc2c(Oc3ccccc3)nc3ccccn3c2=O)cc1. The molecule has 1 N–H and O–H groups in total.